The Morgan fingerprint density at radius 3 is 2.54 bits per heavy atom. The van der Waals surface area contributed by atoms with Crippen molar-refractivity contribution in [3.8, 4) is 0 Å². The number of hydrogen-bond acceptors (Lipinski definition) is 2. The first-order valence-electron chi connectivity index (χ1n) is 4.57. The van der Waals surface area contributed by atoms with Crippen LogP contribution in [0.5, 0.6) is 0 Å². The van der Waals surface area contributed by atoms with Gasteiger partial charge >= 0.3 is 0 Å². The van der Waals surface area contributed by atoms with Crippen molar-refractivity contribution in [2.45, 2.75) is 32.9 Å². The molecule has 2 nitrogen and oxygen atoms in total. The maximum absolute atomic E-state index is 5.67. The second-order valence-corrected chi connectivity index (χ2v) is 4.35. The van der Waals surface area contributed by atoms with Crippen molar-refractivity contribution in [3.05, 3.63) is 29.8 Å². The van der Waals surface area contributed by atoms with E-state index in [0.717, 1.165) is 12.2 Å². The summed E-state index contributed by atoms with van der Waals surface area (Å²) in [7, 11) is 0. The van der Waals surface area contributed by atoms with E-state index in [1.807, 2.05) is 18.2 Å². The van der Waals surface area contributed by atoms with E-state index in [9.17, 15) is 0 Å². The van der Waals surface area contributed by atoms with Gasteiger partial charge in [0, 0.05) is 17.8 Å². The standard InChI is InChI=1S/C11H18N2/c1-11(2,3)13-8-9-5-4-6-10(12)7-9/h4-7,13H,8,12H2,1-3H3. The molecule has 0 spiro atoms. The zero-order chi connectivity index (χ0) is 9.90. The van der Waals surface area contributed by atoms with Crippen molar-refractivity contribution in [1.82, 2.24) is 5.32 Å². The van der Waals surface area contributed by atoms with Gasteiger partial charge in [0.2, 0.25) is 0 Å². The Bertz CT molecular complexity index is 274. The van der Waals surface area contributed by atoms with Crippen LogP contribution in [0.1, 0.15) is 26.3 Å². The van der Waals surface area contributed by atoms with E-state index in [4.69, 9.17) is 5.73 Å². The summed E-state index contributed by atoms with van der Waals surface area (Å²) in [6, 6.07) is 7.96. The molecule has 13 heavy (non-hydrogen) atoms. The molecule has 1 rings (SSSR count). The van der Waals surface area contributed by atoms with Gasteiger partial charge in [-0.1, -0.05) is 12.1 Å². The minimum Gasteiger partial charge on any atom is -0.399 e. The molecule has 0 aliphatic carbocycles. The van der Waals surface area contributed by atoms with Crippen LogP contribution in [-0.2, 0) is 6.54 Å². The van der Waals surface area contributed by atoms with Crippen LogP contribution in [-0.4, -0.2) is 5.54 Å². The Kier molecular flexibility index (Phi) is 2.94. The Morgan fingerprint density at radius 2 is 2.00 bits per heavy atom. The lowest BCUT2D eigenvalue weighted by Gasteiger charge is -2.20. The van der Waals surface area contributed by atoms with Gasteiger partial charge in [0.1, 0.15) is 0 Å². The molecule has 0 aliphatic heterocycles. The third kappa shape index (κ3) is 3.95. The van der Waals surface area contributed by atoms with Crippen LogP contribution in [0.2, 0.25) is 0 Å². The molecule has 1 aromatic rings. The maximum Gasteiger partial charge on any atom is 0.0317 e. The summed E-state index contributed by atoms with van der Waals surface area (Å²) in [5, 5.41) is 3.41. The van der Waals surface area contributed by atoms with E-state index in [-0.39, 0.29) is 5.54 Å². The summed E-state index contributed by atoms with van der Waals surface area (Å²) in [4.78, 5) is 0. The number of anilines is 1. The summed E-state index contributed by atoms with van der Waals surface area (Å²) in [6.45, 7) is 7.33. The molecule has 0 aromatic heterocycles. The van der Waals surface area contributed by atoms with Gasteiger partial charge in [-0.15, -0.1) is 0 Å². The van der Waals surface area contributed by atoms with Gasteiger partial charge < -0.3 is 11.1 Å². The number of rotatable bonds is 2. The zero-order valence-corrected chi connectivity index (χ0v) is 8.59. The Hall–Kier alpha value is -1.02. The summed E-state index contributed by atoms with van der Waals surface area (Å²) < 4.78 is 0. The minimum atomic E-state index is 0.157. The quantitative estimate of drug-likeness (QED) is 0.681. The highest BCUT2D eigenvalue weighted by atomic mass is 14.9. The predicted molar refractivity (Wildman–Crippen MR) is 57.4 cm³/mol. The smallest absolute Gasteiger partial charge is 0.0317 e. The van der Waals surface area contributed by atoms with Crippen LogP contribution in [0, 0.1) is 0 Å². The molecule has 0 unspecified atom stereocenters. The molecule has 0 saturated carbocycles. The lowest BCUT2D eigenvalue weighted by Crippen LogP contribution is -2.35. The average molecular weight is 178 g/mol. The predicted octanol–water partition coefficient (Wildman–Crippen LogP) is 2.16. The van der Waals surface area contributed by atoms with E-state index in [0.29, 0.717) is 0 Å². The van der Waals surface area contributed by atoms with Gasteiger partial charge in [0.05, 0.1) is 0 Å². The van der Waals surface area contributed by atoms with Crippen molar-refractivity contribution in [2.75, 3.05) is 5.73 Å². The van der Waals surface area contributed by atoms with Gasteiger partial charge in [-0.05, 0) is 38.5 Å². The number of hydrogen-bond donors (Lipinski definition) is 2. The number of nitrogen functional groups attached to an aromatic ring is 1. The average Bonchev–Trinajstić information content (AvgIpc) is 2.00. The molecule has 0 saturated heterocycles. The largest absolute Gasteiger partial charge is 0.399 e. The molecular formula is C11H18N2. The zero-order valence-electron chi connectivity index (χ0n) is 8.59. The lowest BCUT2D eigenvalue weighted by molar-refractivity contribution is 0.424. The van der Waals surface area contributed by atoms with E-state index in [1.165, 1.54) is 5.56 Å². The highest BCUT2D eigenvalue weighted by Crippen LogP contribution is 2.08. The molecule has 1 aromatic carbocycles. The van der Waals surface area contributed by atoms with Crippen LogP contribution in [0.25, 0.3) is 0 Å². The lowest BCUT2D eigenvalue weighted by atomic mass is 10.1. The molecule has 0 aliphatic rings. The monoisotopic (exact) mass is 178 g/mol. The van der Waals surface area contributed by atoms with Crippen LogP contribution in [0.15, 0.2) is 24.3 Å². The second-order valence-electron chi connectivity index (χ2n) is 4.35. The Morgan fingerprint density at radius 1 is 1.31 bits per heavy atom. The molecule has 3 N–H and O–H groups in total. The second kappa shape index (κ2) is 3.79. The fourth-order valence-electron chi connectivity index (χ4n) is 1.07. The van der Waals surface area contributed by atoms with Crippen LogP contribution < -0.4 is 11.1 Å². The highest BCUT2D eigenvalue weighted by molar-refractivity contribution is 5.40. The molecule has 2 heteroatoms. The molecule has 0 amide bonds. The third-order valence-corrected chi connectivity index (χ3v) is 1.77. The first-order chi connectivity index (χ1) is 5.97. The summed E-state index contributed by atoms with van der Waals surface area (Å²) in [6.07, 6.45) is 0. The van der Waals surface area contributed by atoms with E-state index >= 15 is 0 Å². The fraction of sp³-hybridized carbons (Fsp3) is 0.455. The van der Waals surface area contributed by atoms with E-state index < -0.39 is 0 Å². The number of nitrogens with one attached hydrogen (secondary N) is 1. The van der Waals surface area contributed by atoms with Gasteiger partial charge in [-0.2, -0.15) is 0 Å². The Labute approximate surface area is 80.1 Å². The minimum absolute atomic E-state index is 0.157. The van der Waals surface area contributed by atoms with Crippen molar-refractivity contribution < 1.29 is 0 Å². The van der Waals surface area contributed by atoms with Gasteiger partial charge in [0.15, 0.2) is 0 Å². The molecular weight excluding hydrogens is 160 g/mol. The first-order valence-corrected chi connectivity index (χ1v) is 4.57. The van der Waals surface area contributed by atoms with Crippen LogP contribution in [0.3, 0.4) is 0 Å². The fourth-order valence-corrected chi connectivity index (χ4v) is 1.07. The van der Waals surface area contributed by atoms with E-state index in [2.05, 4.69) is 32.2 Å². The van der Waals surface area contributed by atoms with Gasteiger partial charge in [0.25, 0.3) is 0 Å². The summed E-state index contributed by atoms with van der Waals surface area (Å²) in [5.74, 6) is 0. The van der Waals surface area contributed by atoms with Crippen molar-refractivity contribution in [1.29, 1.82) is 0 Å². The molecule has 0 radical (unpaired) electrons. The van der Waals surface area contributed by atoms with Crippen molar-refractivity contribution in [3.63, 3.8) is 0 Å². The first kappa shape index (κ1) is 10.1. The summed E-state index contributed by atoms with van der Waals surface area (Å²) in [5.41, 5.74) is 7.89. The number of nitrogens with two attached hydrogens (primary N) is 1. The van der Waals surface area contributed by atoms with Gasteiger partial charge in [-0.25, -0.2) is 0 Å². The molecule has 72 valence electrons. The van der Waals surface area contributed by atoms with Gasteiger partial charge in [-0.3, -0.25) is 0 Å². The third-order valence-electron chi connectivity index (χ3n) is 1.77. The molecule has 0 heterocycles. The molecule has 0 fully saturated rings. The van der Waals surface area contributed by atoms with Crippen LogP contribution >= 0.6 is 0 Å². The highest BCUT2D eigenvalue weighted by Gasteiger charge is 2.07. The summed E-state index contributed by atoms with van der Waals surface area (Å²) >= 11 is 0. The molecule has 0 atom stereocenters. The molecule has 0 bridgehead atoms. The maximum atomic E-state index is 5.67. The van der Waals surface area contributed by atoms with Crippen molar-refractivity contribution >= 4 is 5.69 Å². The van der Waals surface area contributed by atoms with Crippen LogP contribution in [0.4, 0.5) is 5.69 Å². The Balaban J connectivity index is 2.55. The topological polar surface area (TPSA) is 38.0 Å². The van der Waals surface area contributed by atoms with Crippen molar-refractivity contribution in [2.24, 2.45) is 0 Å². The normalized spacial score (nSPS) is 11.6. The number of benzene rings is 1. The van der Waals surface area contributed by atoms with E-state index in [1.54, 1.807) is 0 Å². The SMILES string of the molecule is CC(C)(C)NCc1cccc(N)c1.